The summed E-state index contributed by atoms with van der Waals surface area (Å²) in [6, 6.07) is 0. The Morgan fingerprint density at radius 1 is 0.571 bits per heavy atom. The highest BCUT2D eigenvalue weighted by atomic mass is 16.8. The number of hydrogen-bond acceptors (Lipinski definition) is 19. The first-order chi connectivity index (χ1) is 19.8. The molecule has 4 rings (SSSR count). The van der Waals surface area contributed by atoms with Crippen LogP contribution in [0.3, 0.4) is 0 Å². The second-order valence-electron chi connectivity index (χ2n) is 10.7. The predicted octanol–water partition coefficient (Wildman–Crippen LogP) is -8.08. The summed E-state index contributed by atoms with van der Waals surface area (Å²) < 4.78 is 37.7. The molecule has 4 saturated heterocycles. The number of hydrogen-bond donors (Lipinski definition) is 12. The van der Waals surface area contributed by atoms with Gasteiger partial charge in [0, 0.05) is 0 Å². The predicted molar refractivity (Wildman–Crippen MR) is 126 cm³/mol. The van der Waals surface area contributed by atoms with Crippen molar-refractivity contribution in [1.29, 1.82) is 0 Å². The zero-order chi connectivity index (χ0) is 31.0. The van der Waals surface area contributed by atoms with Gasteiger partial charge in [-0.2, -0.15) is 0 Å². The third kappa shape index (κ3) is 6.89. The fourth-order valence-corrected chi connectivity index (χ4v) is 5.09. The first-order valence-corrected chi connectivity index (χ1v) is 13.4. The number of ether oxygens (including phenoxy) is 7. The van der Waals surface area contributed by atoms with Crippen LogP contribution in [0, 0.1) is 0 Å². The van der Waals surface area contributed by atoms with Gasteiger partial charge in [-0.05, 0) is 6.92 Å². The lowest BCUT2D eigenvalue weighted by molar-refractivity contribution is -0.371. The van der Waals surface area contributed by atoms with Crippen LogP contribution in [0.25, 0.3) is 0 Å². The Morgan fingerprint density at radius 3 is 1.76 bits per heavy atom. The lowest BCUT2D eigenvalue weighted by atomic mass is 9.97. The van der Waals surface area contributed by atoms with Gasteiger partial charge in [-0.25, -0.2) is 0 Å². The van der Waals surface area contributed by atoms with Crippen LogP contribution in [0.15, 0.2) is 0 Å². The summed E-state index contributed by atoms with van der Waals surface area (Å²) >= 11 is 0. The van der Waals surface area contributed by atoms with E-state index < -0.39 is 130 Å². The van der Waals surface area contributed by atoms with Crippen LogP contribution in [0.5, 0.6) is 0 Å². The first kappa shape index (κ1) is 34.1. The summed E-state index contributed by atoms with van der Waals surface area (Å²) in [4.78, 5) is 0. The van der Waals surface area contributed by atoms with E-state index in [2.05, 4.69) is 0 Å². The standard InChI is InChI=1S/C23H40O19/c1-5-19(14(30)18(34)22(38-5)40-7-3-36-20(35)15(31)11(7)27)42-23-17(33)13(29)10(26)8(41-23)4-37-21-16(32)12(28)9(25)6(2-24)39-21/h5-35H,2-4H2,1H3/t5-,6+,7+,8+,9+,10+,11-,12-,13-,14-,15+,16+,17+,18+,19-,20+,21+,22-,23-/m0/s1. The second-order valence-corrected chi connectivity index (χ2v) is 10.7. The molecule has 4 aliphatic heterocycles. The minimum Gasteiger partial charge on any atom is -0.394 e. The van der Waals surface area contributed by atoms with Gasteiger partial charge in [-0.3, -0.25) is 0 Å². The Kier molecular flexibility index (Phi) is 11.5. The van der Waals surface area contributed by atoms with Crippen molar-refractivity contribution in [1.82, 2.24) is 0 Å². The number of rotatable bonds is 8. The molecular weight excluding hydrogens is 580 g/mol. The summed E-state index contributed by atoms with van der Waals surface area (Å²) in [7, 11) is 0. The van der Waals surface area contributed by atoms with E-state index in [0.29, 0.717) is 0 Å². The summed E-state index contributed by atoms with van der Waals surface area (Å²) in [5, 5.41) is 121. The van der Waals surface area contributed by atoms with Crippen LogP contribution in [-0.2, 0) is 33.2 Å². The zero-order valence-corrected chi connectivity index (χ0v) is 22.3. The van der Waals surface area contributed by atoms with Gasteiger partial charge in [0.1, 0.15) is 85.5 Å². The van der Waals surface area contributed by atoms with E-state index in [4.69, 9.17) is 33.2 Å². The van der Waals surface area contributed by atoms with E-state index in [-0.39, 0.29) is 6.61 Å². The molecule has 0 radical (unpaired) electrons. The molecule has 19 atom stereocenters. The van der Waals surface area contributed by atoms with Gasteiger partial charge in [0.05, 0.1) is 25.9 Å². The quantitative estimate of drug-likeness (QED) is 0.120. The van der Waals surface area contributed by atoms with Crippen molar-refractivity contribution in [2.45, 2.75) is 124 Å². The van der Waals surface area contributed by atoms with Crippen LogP contribution >= 0.6 is 0 Å². The van der Waals surface area contributed by atoms with Crippen molar-refractivity contribution in [2.75, 3.05) is 19.8 Å². The fourth-order valence-electron chi connectivity index (χ4n) is 5.09. The van der Waals surface area contributed by atoms with Crippen molar-refractivity contribution in [3.63, 3.8) is 0 Å². The van der Waals surface area contributed by atoms with E-state index in [1.165, 1.54) is 6.92 Å². The summed E-state index contributed by atoms with van der Waals surface area (Å²) in [6.45, 7) is -0.290. The first-order valence-electron chi connectivity index (χ1n) is 13.4. The van der Waals surface area contributed by atoms with Gasteiger partial charge < -0.3 is 94.4 Å². The highest BCUT2D eigenvalue weighted by molar-refractivity contribution is 4.95. The normalized spacial score (nSPS) is 54.1. The van der Waals surface area contributed by atoms with Gasteiger partial charge in [0.15, 0.2) is 25.2 Å². The van der Waals surface area contributed by atoms with E-state index in [1.54, 1.807) is 0 Å². The zero-order valence-electron chi connectivity index (χ0n) is 22.3. The maximum absolute atomic E-state index is 10.8. The van der Waals surface area contributed by atoms with E-state index >= 15 is 0 Å². The Hall–Kier alpha value is -0.760. The Labute approximate surface area is 238 Å². The number of aliphatic hydroxyl groups is 12. The van der Waals surface area contributed by atoms with Crippen LogP contribution in [0.4, 0.5) is 0 Å². The van der Waals surface area contributed by atoms with Crippen LogP contribution < -0.4 is 0 Å². The lowest BCUT2D eigenvalue weighted by Crippen LogP contribution is -2.65. The van der Waals surface area contributed by atoms with E-state index in [9.17, 15) is 61.3 Å². The van der Waals surface area contributed by atoms with Crippen molar-refractivity contribution in [3.05, 3.63) is 0 Å². The minimum absolute atomic E-state index is 0.370. The van der Waals surface area contributed by atoms with Crippen LogP contribution in [0.1, 0.15) is 6.92 Å². The molecule has 0 unspecified atom stereocenters. The third-order valence-electron chi connectivity index (χ3n) is 7.77. The van der Waals surface area contributed by atoms with Gasteiger partial charge >= 0.3 is 0 Å². The van der Waals surface area contributed by atoms with Gasteiger partial charge in [-0.1, -0.05) is 0 Å². The number of aliphatic hydroxyl groups excluding tert-OH is 12. The van der Waals surface area contributed by atoms with E-state index in [1.807, 2.05) is 0 Å². The van der Waals surface area contributed by atoms with Crippen molar-refractivity contribution in [2.24, 2.45) is 0 Å². The van der Waals surface area contributed by atoms with Crippen molar-refractivity contribution in [3.8, 4) is 0 Å². The summed E-state index contributed by atoms with van der Waals surface area (Å²) in [5.41, 5.74) is 0. The van der Waals surface area contributed by atoms with Gasteiger partial charge in [0.2, 0.25) is 0 Å². The molecule has 42 heavy (non-hydrogen) atoms. The smallest absolute Gasteiger partial charge is 0.187 e. The molecule has 4 fully saturated rings. The molecule has 0 amide bonds. The molecule has 0 aliphatic carbocycles. The molecular formula is C23H40O19. The maximum Gasteiger partial charge on any atom is 0.187 e. The maximum atomic E-state index is 10.8. The topological polar surface area (TPSA) is 307 Å². The molecule has 19 heteroatoms. The van der Waals surface area contributed by atoms with Gasteiger partial charge in [0.25, 0.3) is 0 Å². The molecule has 4 aliphatic rings. The largest absolute Gasteiger partial charge is 0.394 e. The molecule has 0 spiro atoms. The molecule has 0 aromatic rings. The monoisotopic (exact) mass is 620 g/mol. The molecule has 0 aromatic heterocycles. The molecule has 0 bridgehead atoms. The second kappa shape index (κ2) is 14.1. The Bertz CT molecular complexity index is 853. The van der Waals surface area contributed by atoms with Crippen molar-refractivity contribution < 1.29 is 94.4 Å². The average Bonchev–Trinajstić information content (AvgIpc) is 2.97. The molecule has 19 nitrogen and oxygen atoms in total. The summed E-state index contributed by atoms with van der Waals surface area (Å²) in [6.07, 6.45) is -30.4. The molecule has 246 valence electrons. The third-order valence-corrected chi connectivity index (χ3v) is 7.77. The van der Waals surface area contributed by atoms with Crippen LogP contribution in [0.2, 0.25) is 0 Å². The van der Waals surface area contributed by atoms with Crippen LogP contribution in [-0.4, -0.2) is 198 Å². The fraction of sp³-hybridized carbons (Fsp3) is 1.00. The minimum atomic E-state index is -1.86. The van der Waals surface area contributed by atoms with Gasteiger partial charge in [-0.15, -0.1) is 0 Å². The molecule has 0 aromatic carbocycles. The summed E-state index contributed by atoms with van der Waals surface area (Å²) in [5.74, 6) is 0. The molecule has 12 N–H and O–H groups in total. The SMILES string of the molecule is C[C@@H]1O[C@@H](O[C@@H]2CO[C@@H](O)[C@H](O)[C@H]2O)[C@H](O)[C@H](O)[C@H]1O[C@@H]1O[C@H](CO[C@@H]2O[C@H](CO)[C@@H](O)[C@H](O)[C@H]2O)[C@@H](O)[C@H](O)[C@H]1O. The molecule has 0 saturated carbocycles. The Morgan fingerprint density at radius 2 is 1.12 bits per heavy atom. The van der Waals surface area contributed by atoms with E-state index in [0.717, 1.165) is 0 Å². The van der Waals surface area contributed by atoms with Crippen molar-refractivity contribution >= 4 is 0 Å². The highest BCUT2D eigenvalue weighted by Gasteiger charge is 2.52. The Balaban J connectivity index is 1.36. The lowest BCUT2D eigenvalue weighted by Gasteiger charge is -2.47. The molecule has 4 heterocycles. The highest BCUT2D eigenvalue weighted by Crippen LogP contribution is 2.31. The average molecular weight is 621 g/mol.